The van der Waals surface area contributed by atoms with Gasteiger partial charge in [-0.2, -0.15) is 0 Å². The van der Waals surface area contributed by atoms with Crippen molar-refractivity contribution < 1.29 is 15.1 Å². The summed E-state index contributed by atoms with van der Waals surface area (Å²) in [7, 11) is -2.17. The molecule has 6 heteroatoms. The molecule has 0 saturated carbocycles. The normalized spacial score (nSPS) is 4.50. The molecule has 0 aromatic heterocycles. The van der Waals surface area contributed by atoms with Crippen molar-refractivity contribution in [3.8, 4) is 0 Å². The van der Waals surface area contributed by atoms with E-state index in [1.807, 2.05) is 0 Å². The van der Waals surface area contributed by atoms with Crippen molar-refractivity contribution in [3.63, 3.8) is 0 Å². The molecule has 0 unspecified atom stereocenters. The average Bonchev–Trinajstić information content (AvgIpc) is 0.811. The summed E-state index contributed by atoms with van der Waals surface area (Å²) in [5.74, 6) is 0. The van der Waals surface area contributed by atoms with Gasteiger partial charge in [-0.25, -0.2) is 0 Å². The smallest absolute Gasteiger partial charge is 0.402 e. The molecule has 0 atom stereocenters. The van der Waals surface area contributed by atoms with Crippen LogP contribution in [0.1, 0.15) is 0 Å². The van der Waals surface area contributed by atoms with Crippen LogP contribution in [0.25, 0.3) is 0 Å². The summed E-state index contributed by atoms with van der Waals surface area (Å²) in [4.78, 5) is 0. The van der Waals surface area contributed by atoms with Crippen LogP contribution in [0.3, 0.4) is 0 Å². The van der Waals surface area contributed by atoms with Gasteiger partial charge in [0.1, 0.15) is 0 Å². The monoisotopic (exact) mass is 134 g/mol. The van der Waals surface area contributed by atoms with Gasteiger partial charge in [-0.15, -0.1) is 0 Å². The van der Waals surface area contributed by atoms with E-state index in [2.05, 4.69) is 0 Å². The second kappa shape index (κ2) is 9.75. The van der Waals surface area contributed by atoms with E-state index in [4.69, 9.17) is 15.1 Å². The Morgan fingerprint density at radius 3 is 1.00 bits per heavy atom. The van der Waals surface area contributed by atoms with Crippen molar-refractivity contribution in [1.82, 2.24) is 0 Å². The van der Waals surface area contributed by atoms with Crippen LogP contribution in [0.4, 0.5) is 0 Å². The third-order valence-electron chi connectivity index (χ3n) is 0. The first-order valence-electron chi connectivity index (χ1n) is 0.775. The van der Waals surface area contributed by atoms with Gasteiger partial charge in [0, 0.05) is 0 Å². The van der Waals surface area contributed by atoms with Crippen LogP contribution in [0.15, 0.2) is 0 Å². The largest absolute Gasteiger partial charge is 2.00 e. The Balaban J connectivity index is -0.0000000450. The van der Waals surface area contributed by atoms with E-state index in [1.165, 1.54) is 0 Å². The molecule has 0 bridgehead atoms. The van der Waals surface area contributed by atoms with Crippen LogP contribution in [0.5, 0.6) is 0 Å². The SMILES string of the molecule is OB(O)O.[Ca+2].[S+2]. The van der Waals surface area contributed by atoms with E-state index < -0.39 is 7.32 Å². The Bertz CT molecular complexity index is 15.5. The third kappa shape index (κ3) is 47.7. The molecular weight excluding hydrogens is 131 g/mol. The van der Waals surface area contributed by atoms with Gasteiger partial charge in [-0.1, -0.05) is 0 Å². The van der Waals surface area contributed by atoms with Crippen LogP contribution >= 0.6 is 0 Å². The van der Waals surface area contributed by atoms with Crippen molar-refractivity contribution in [2.45, 2.75) is 0 Å². The molecule has 0 aromatic rings. The molecule has 0 fully saturated rings. The van der Waals surface area contributed by atoms with Crippen LogP contribution in [0, 0.1) is 0 Å². The minimum atomic E-state index is -2.17. The Kier molecular flexibility index (Phi) is 25.4. The van der Waals surface area contributed by atoms with E-state index in [1.54, 1.807) is 0 Å². The molecule has 3 nitrogen and oxygen atoms in total. The van der Waals surface area contributed by atoms with E-state index >= 15 is 0 Å². The summed E-state index contributed by atoms with van der Waals surface area (Å²) in [5.41, 5.74) is 0. The standard InChI is InChI=1S/BH3O3.Ca.S/c2-1(3)4;;/h2-4H;;/q;2*+2. The van der Waals surface area contributed by atoms with Gasteiger partial charge in [0.15, 0.2) is 0 Å². The fourth-order valence-electron chi connectivity index (χ4n) is 0. The van der Waals surface area contributed by atoms with Gasteiger partial charge in [-0.3, -0.25) is 0 Å². The first-order chi connectivity index (χ1) is 1.73. The van der Waals surface area contributed by atoms with E-state index in [0.29, 0.717) is 0 Å². The molecule has 0 aromatic carbocycles. The Morgan fingerprint density at radius 1 is 1.00 bits per heavy atom. The zero-order valence-corrected chi connectivity index (χ0v) is 6.06. The molecule has 3 N–H and O–H groups in total. The molecule has 0 rings (SSSR count). The van der Waals surface area contributed by atoms with E-state index in [9.17, 15) is 0 Å². The molecule has 0 heterocycles. The van der Waals surface area contributed by atoms with Gasteiger partial charge in [0.05, 0.1) is 0 Å². The second-order valence-electron chi connectivity index (χ2n) is 0.346. The van der Waals surface area contributed by atoms with Crippen LogP contribution in [0.2, 0.25) is 0 Å². The van der Waals surface area contributed by atoms with Crippen LogP contribution in [-0.4, -0.2) is 60.1 Å². The Hall–Kier alpha value is 1.55. The molecule has 0 aliphatic carbocycles. The molecule has 0 aliphatic heterocycles. The van der Waals surface area contributed by atoms with Gasteiger partial charge < -0.3 is 15.1 Å². The molecule has 4 radical (unpaired) electrons. The van der Waals surface area contributed by atoms with Gasteiger partial charge in [-0.05, 0) is 0 Å². The molecule has 0 aliphatic rings. The fraction of sp³-hybridized carbons (Fsp3) is 0. The Labute approximate surface area is 73.0 Å². The number of rotatable bonds is 0. The fourth-order valence-corrected chi connectivity index (χ4v) is 0. The average molecular weight is 134 g/mol. The summed E-state index contributed by atoms with van der Waals surface area (Å²) < 4.78 is 0. The quantitative estimate of drug-likeness (QED) is 0.323. The van der Waals surface area contributed by atoms with Gasteiger partial charge in [0.2, 0.25) is 0 Å². The molecule has 0 spiro atoms. The first kappa shape index (κ1) is 15.6. The molecular formula is H3BCaO3S+4. The summed E-state index contributed by atoms with van der Waals surface area (Å²) in [5, 5.41) is 21.5. The number of hydrogen-bond acceptors (Lipinski definition) is 3. The maximum atomic E-state index is 7.17. The minimum Gasteiger partial charge on any atom is -0.402 e. The van der Waals surface area contributed by atoms with Crippen molar-refractivity contribution in [1.29, 1.82) is 0 Å². The van der Waals surface area contributed by atoms with Crippen LogP contribution < -0.4 is 0 Å². The van der Waals surface area contributed by atoms with Gasteiger partial charge in [0.25, 0.3) is 0 Å². The topological polar surface area (TPSA) is 60.7 Å². The predicted molar refractivity (Wildman–Crippen MR) is 25.5 cm³/mol. The van der Waals surface area contributed by atoms with E-state index in [-0.39, 0.29) is 51.2 Å². The molecule has 28 valence electrons. The maximum Gasteiger partial charge on any atom is 2.00 e. The van der Waals surface area contributed by atoms with Crippen molar-refractivity contribution in [2.24, 2.45) is 0 Å². The zero-order valence-electron chi connectivity index (χ0n) is 3.03. The Morgan fingerprint density at radius 2 is 1.00 bits per heavy atom. The first-order valence-corrected chi connectivity index (χ1v) is 0.775. The van der Waals surface area contributed by atoms with E-state index in [0.717, 1.165) is 0 Å². The number of hydrogen-bond donors (Lipinski definition) is 3. The third-order valence-corrected chi connectivity index (χ3v) is 0. The summed E-state index contributed by atoms with van der Waals surface area (Å²) in [6, 6.07) is 0. The summed E-state index contributed by atoms with van der Waals surface area (Å²) in [6.45, 7) is 0. The minimum absolute atomic E-state index is 0. The summed E-state index contributed by atoms with van der Waals surface area (Å²) >= 11 is 0. The van der Waals surface area contributed by atoms with Gasteiger partial charge >= 0.3 is 58.6 Å². The predicted octanol–water partition coefficient (Wildman–Crippen LogP) is -2.44. The molecule has 0 saturated heterocycles. The zero-order chi connectivity index (χ0) is 3.58. The van der Waals surface area contributed by atoms with Crippen molar-refractivity contribution in [3.05, 3.63) is 0 Å². The summed E-state index contributed by atoms with van der Waals surface area (Å²) in [6.07, 6.45) is 0. The van der Waals surface area contributed by atoms with Crippen molar-refractivity contribution in [2.75, 3.05) is 0 Å². The van der Waals surface area contributed by atoms with Crippen molar-refractivity contribution >= 4 is 58.6 Å². The maximum absolute atomic E-state index is 7.17. The molecule has 0 amide bonds. The van der Waals surface area contributed by atoms with Crippen LogP contribution in [-0.2, 0) is 13.5 Å². The molecule has 6 heavy (non-hydrogen) atoms. The second-order valence-corrected chi connectivity index (χ2v) is 0.346.